The number of amides is 1. The van der Waals surface area contributed by atoms with Gasteiger partial charge >= 0.3 is 0 Å². The maximum absolute atomic E-state index is 13.1. The molecule has 0 radical (unpaired) electrons. The van der Waals surface area contributed by atoms with Crippen LogP contribution in [-0.4, -0.2) is 23.0 Å². The highest BCUT2D eigenvalue weighted by molar-refractivity contribution is 7.22. The number of fused-ring (bicyclic) bond motifs is 1. The summed E-state index contributed by atoms with van der Waals surface area (Å²) in [6.45, 7) is 6.34. The number of hydrogen-bond acceptors (Lipinski definition) is 4. The lowest BCUT2D eigenvalue weighted by Gasteiger charge is -2.20. The highest BCUT2D eigenvalue weighted by Gasteiger charge is 2.13. The standard InChI is InChI=1S/C14H18FN3OS/c1-14(2,3)18-12(19)6-7-16-13-17-10-5-4-9(15)8-11(10)20-13/h4-5,8H,6-7H2,1-3H3,(H,16,17)(H,18,19). The van der Waals surface area contributed by atoms with Crippen molar-refractivity contribution in [1.82, 2.24) is 10.3 Å². The number of nitrogens with zero attached hydrogens (tertiary/aromatic N) is 1. The molecule has 0 aliphatic rings. The van der Waals surface area contributed by atoms with Gasteiger partial charge in [0.25, 0.3) is 0 Å². The Balaban J connectivity index is 1.88. The van der Waals surface area contributed by atoms with Gasteiger partial charge in [0.2, 0.25) is 5.91 Å². The minimum Gasteiger partial charge on any atom is -0.361 e. The van der Waals surface area contributed by atoms with Crippen molar-refractivity contribution in [3.8, 4) is 0 Å². The fourth-order valence-electron chi connectivity index (χ4n) is 1.74. The van der Waals surface area contributed by atoms with Crippen LogP contribution >= 0.6 is 11.3 Å². The molecule has 6 heteroatoms. The van der Waals surface area contributed by atoms with Crippen molar-refractivity contribution in [3.63, 3.8) is 0 Å². The monoisotopic (exact) mass is 295 g/mol. The fraction of sp³-hybridized carbons (Fsp3) is 0.429. The second-order valence-corrected chi connectivity index (χ2v) is 6.64. The van der Waals surface area contributed by atoms with Gasteiger partial charge in [0, 0.05) is 18.5 Å². The van der Waals surface area contributed by atoms with Gasteiger partial charge in [-0.15, -0.1) is 0 Å². The van der Waals surface area contributed by atoms with Crippen LogP contribution in [0.15, 0.2) is 18.2 Å². The molecule has 0 aliphatic heterocycles. The van der Waals surface area contributed by atoms with Gasteiger partial charge < -0.3 is 10.6 Å². The van der Waals surface area contributed by atoms with Gasteiger partial charge in [-0.05, 0) is 39.0 Å². The van der Waals surface area contributed by atoms with Crippen LogP contribution in [0.1, 0.15) is 27.2 Å². The number of nitrogens with one attached hydrogen (secondary N) is 2. The maximum atomic E-state index is 13.1. The number of benzene rings is 1. The summed E-state index contributed by atoms with van der Waals surface area (Å²) in [4.78, 5) is 16.0. The molecule has 0 atom stereocenters. The van der Waals surface area contributed by atoms with Crippen molar-refractivity contribution in [2.75, 3.05) is 11.9 Å². The number of carbonyl (C=O) groups is 1. The summed E-state index contributed by atoms with van der Waals surface area (Å²) in [5.74, 6) is -0.269. The van der Waals surface area contributed by atoms with E-state index in [1.54, 1.807) is 6.07 Å². The fourth-order valence-corrected chi connectivity index (χ4v) is 2.65. The maximum Gasteiger partial charge on any atom is 0.222 e. The summed E-state index contributed by atoms with van der Waals surface area (Å²) in [7, 11) is 0. The average Bonchev–Trinajstić information content (AvgIpc) is 2.68. The summed E-state index contributed by atoms with van der Waals surface area (Å²) in [5.41, 5.74) is 0.544. The number of halogens is 1. The van der Waals surface area contributed by atoms with E-state index in [1.165, 1.54) is 23.5 Å². The zero-order chi connectivity index (χ0) is 14.8. The molecule has 0 bridgehead atoms. The van der Waals surface area contributed by atoms with Crippen molar-refractivity contribution < 1.29 is 9.18 Å². The Bertz CT molecular complexity index is 618. The summed E-state index contributed by atoms with van der Waals surface area (Å²) in [6.07, 6.45) is 0.377. The SMILES string of the molecule is CC(C)(C)NC(=O)CCNc1nc2ccc(F)cc2s1. The minimum atomic E-state index is -0.266. The highest BCUT2D eigenvalue weighted by Crippen LogP contribution is 2.26. The van der Waals surface area contributed by atoms with Crippen LogP contribution < -0.4 is 10.6 Å². The van der Waals surface area contributed by atoms with E-state index in [4.69, 9.17) is 0 Å². The Morgan fingerprint density at radius 1 is 1.40 bits per heavy atom. The van der Waals surface area contributed by atoms with E-state index in [0.717, 1.165) is 10.2 Å². The smallest absolute Gasteiger partial charge is 0.222 e. The zero-order valence-electron chi connectivity index (χ0n) is 11.8. The topological polar surface area (TPSA) is 54.0 Å². The van der Waals surface area contributed by atoms with Gasteiger partial charge in [-0.1, -0.05) is 11.3 Å². The quantitative estimate of drug-likeness (QED) is 0.911. The van der Waals surface area contributed by atoms with Gasteiger partial charge in [0.05, 0.1) is 10.2 Å². The van der Waals surface area contributed by atoms with E-state index in [-0.39, 0.29) is 17.3 Å². The Kier molecular flexibility index (Phi) is 4.23. The molecule has 0 unspecified atom stereocenters. The molecule has 0 saturated heterocycles. The first kappa shape index (κ1) is 14.7. The predicted molar refractivity (Wildman–Crippen MR) is 80.6 cm³/mol. The van der Waals surface area contributed by atoms with Crippen molar-refractivity contribution in [3.05, 3.63) is 24.0 Å². The molecular formula is C14H18FN3OS. The molecule has 0 aliphatic carbocycles. The number of rotatable bonds is 4. The van der Waals surface area contributed by atoms with Gasteiger partial charge in [-0.25, -0.2) is 9.37 Å². The summed E-state index contributed by atoms with van der Waals surface area (Å²) in [5, 5.41) is 6.69. The van der Waals surface area contributed by atoms with Crippen molar-refractivity contribution in [1.29, 1.82) is 0 Å². The first-order chi connectivity index (χ1) is 9.33. The molecule has 1 aromatic heterocycles. The number of carbonyl (C=O) groups excluding carboxylic acids is 1. The molecule has 2 aromatic rings. The lowest BCUT2D eigenvalue weighted by atomic mass is 10.1. The molecule has 0 spiro atoms. The van der Waals surface area contributed by atoms with E-state index in [1.807, 2.05) is 20.8 Å². The van der Waals surface area contributed by atoms with E-state index < -0.39 is 0 Å². The lowest BCUT2D eigenvalue weighted by molar-refractivity contribution is -0.122. The Labute approximate surface area is 121 Å². The normalized spacial score (nSPS) is 11.6. The van der Waals surface area contributed by atoms with Gasteiger partial charge in [-0.3, -0.25) is 4.79 Å². The van der Waals surface area contributed by atoms with E-state index in [0.29, 0.717) is 18.1 Å². The van der Waals surface area contributed by atoms with Gasteiger partial charge in [0.1, 0.15) is 5.82 Å². The first-order valence-corrected chi connectivity index (χ1v) is 7.26. The molecule has 20 heavy (non-hydrogen) atoms. The van der Waals surface area contributed by atoms with Crippen molar-refractivity contribution in [2.24, 2.45) is 0 Å². The molecule has 1 amide bonds. The van der Waals surface area contributed by atoms with Crippen LogP contribution in [0.3, 0.4) is 0 Å². The van der Waals surface area contributed by atoms with E-state index >= 15 is 0 Å². The van der Waals surface area contributed by atoms with Gasteiger partial charge in [-0.2, -0.15) is 0 Å². The van der Waals surface area contributed by atoms with Crippen LogP contribution in [0, 0.1) is 5.82 Å². The second-order valence-electron chi connectivity index (χ2n) is 5.61. The summed E-state index contributed by atoms with van der Waals surface area (Å²) >= 11 is 1.38. The molecule has 2 N–H and O–H groups in total. The molecule has 108 valence electrons. The Hall–Kier alpha value is -1.69. The molecule has 4 nitrogen and oxygen atoms in total. The number of aromatic nitrogens is 1. The number of anilines is 1. The Morgan fingerprint density at radius 2 is 2.15 bits per heavy atom. The number of thiazole rings is 1. The molecule has 0 saturated carbocycles. The van der Waals surface area contributed by atoms with Crippen LogP contribution in [0.2, 0.25) is 0 Å². The molecule has 1 aromatic carbocycles. The highest BCUT2D eigenvalue weighted by atomic mass is 32.1. The third kappa shape index (κ3) is 4.16. The third-order valence-electron chi connectivity index (χ3n) is 2.49. The zero-order valence-corrected chi connectivity index (χ0v) is 12.6. The van der Waals surface area contributed by atoms with Gasteiger partial charge in [0.15, 0.2) is 5.13 Å². The predicted octanol–water partition coefficient (Wildman–Crippen LogP) is 3.15. The van der Waals surface area contributed by atoms with Crippen LogP contribution in [-0.2, 0) is 4.79 Å². The molecule has 0 fully saturated rings. The molecule has 1 heterocycles. The van der Waals surface area contributed by atoms with Crippen LogP contribution in [0.4, 0.5) is 9.52 Å². The molecular weight excluding hydrogens is 277 g/mol. The minimum absolute atomic E-state index is 0.00263. The van der Waals surface area contributed by atoms with Crippen LogP contribution in [0.5, 0.6) is 0 Å². The number of hydrogen-bond donors (Lipinski definition) is 2. The average molecular weight is 295 g/mol. The van der Waals surface area contributed by atoms with Crippen molar-refractivity contribution >= 4 is 32.6 Å². The largest absolute Gasteiger partial charge is 0.361 e. The Morgan fingerprint density at radius 3 is 2.85 bits per heavy atom. The first-order valence-electron chi connectivity index (χ1n) is 6.44. The van der Waals surface area contributed by atoms with E-state index in [9.17, 15) is 9.18 Å². The third-order valence-corrected chi connectivity index (χ3v) is 3.47. The summed E-state index contributed by atoms with van der Waals surface area (Å²) < 4.78 is 13.9. The van der Waals surface area contributed by atoms with Crippen LogP contribution in [0.25, 0.3) is 10.2 Å². The second kappa shape index (κ2) is 5.75. The summed E-state index contributed by atoms with van der Waals surface area (Å²) in [6, 6.07) is 4.51. The lowest BCUT2D eigenvalue weighted by Crippen LogP contribution is -2.41. The molecule has 2 rings (SSSR count). The van der Waals surface area contributed by atoms with Crippen molar-refractivity contribution in [2.45, 2.75) is 32.7 Å². The van der Waals surface area contributed by atoms with E-state index in [2.05, 4.69) is 15.6 Å².